The van der Waals surface area contributed by atoms with E-state index in [1.54, 1.807) is 0 Å². The van der Waals surface area contributed by atoms with Gasteiger partial charge in [0.05, 0.1) is 16.4 Å². The molecule has 0 N–H and O–H groups in total. The Balaban J connectivity index is 2.49. The maximum Gasteiger partial charge on any atom is 0.0846 e. The summed E-state index contributed by atoms with van der Waals surface area (Å²) in [5.41, 5.74) is 2.08. The van der Waals surface area contributed by atoms with Gasteiger partial charge in [-0.2, -0.15) is 5.10 Å². The molecule has 0 aromatic carbocycles. The van der Waals surface area contributed by atoms with Crippen LogP contribution >= 0.6 is 27.5 Å². The van der Waals surface area contributed by atoms with Crippen LogP contribution in [0, 0.1) is 12.8 Å². The summed E-state index contributed by atoms with van der Waals surface area (Å²) in [5.74, 6) is 0.684. The molecule has 2 nitrogen and oxygen atoms in total. The highest BCUT2D eigenvalue weighted by Crippen LogP contribution is 2.23. The molecule has 16 heavy (non-hydrogen) atoms. The Hall–Kier alpha value is -0.0200. The second-order valence-electron chi connectivity index (χ2n) is 4.62. The molecular formula is C12H20BrClN2. The zero-order valence-corrected chi connectivity index (χ0v) is 12.8. The third kappa shape index (κ3) is 3.49. The number of hydrogen-bond acceptors (Lipinski definition) is 1. The summed E-state index contributed by atoms with van der Waals surface area (Å²) in [6.07, 6.45) is 3.33. The van der Waals surface area contributed by atoms with Gasteiger partial charge in [-0.3, -0.25) is 4.68 Å². The number of nitrogens with zero attached hydrogens (tertiary/aromatic N) is 2. The maximum absolute atomic E-state index is 6.20. The fourth-order valence-corrected chi connectivity index (χ4v) is 2.33. The third-order valence-electron chi connectivity index (χ3n) is 2.88. The molecule has 1 aromatic rings. The Kier molecular flexibility index (Phi) is 5.32. The molecule has 92 valence electrons. The SMILES string of the molecule is Cc1nn(C)c(CCCC(Br)C(C)C)c1Cl. The molecule has 0 bridgehead atoms. The summed E-state index contributed by atoms with van der Waals surface area (Å²) in [6.45, 7) is 6.43. The normalized spacial score (nSPS) is 13.4. The molecule has 0 radical (unpaired) electrons. The highest BCUT2D eigenvalue weighted by molar-refractivity contribution is 9.09. The Bertz CT molecular complexity index is 347. The highest BCUT2D eigenvalue weighted by atomic mass is 79.9. The van der Waals surface area contributed by atoms with Crippen molar-refractivity contribution < 1.29 is 0 Å². The minimum atomic E-state index is 0.598. The molecule has 0 amide bonds. The number of rotatable bonds is 5. The Morgan fingerprint density at radius 2 is 2.06 bits per heavy atom. The molecule has 1 rings (SSSR count). The van der Waals surface area contributed by atoms with Gasteiger partial charge in [-0.15, -0.1) is 0 Å². The van der Waals surface area contributed by atoms with Crippen LogP contribution in [0.2, 0.25) is 5.02 Å². The standard InChI is InChI=1S/C12H20BrClN2/c1-8(2)10(13)6-5-7-11-12(14)9(3)15-16(11)4/h8,10H,5-7H2,1-4H3. The van der Waals surface area contributed by atoms with Crippen LogP contribution in [-0.2, 0) is 13.5 Å². The van der Waals surface area contributed by atoms with E-state index < -0.39 is 0 Å². The monoisotopic (exact) mass is 306 g/mol. The first kappa shape index (κ1) is 14.0. The van der Waals surface area contributed by atoms with Crippen molar-refractivity contribution in [1.29, 1.82) is 0 Å². The van der Waals surface area contributed by atoms with Crippen molar-refractivity contribution in [2.45, 2.75) is 44.9 Å². The van der Waals surface area contributed by atoms with Gasteiger partial charge >= 0.3 is 0 Å². The molecule has 1 heterocycles. The van der Waals surface area contributed by atoms with E-state index in [0.717, 1.165) is 29.3 Å². The van der Waals surface area contributed by atoms with Crippen molar-refractivity contribution in [2.24, 2.45) is 13.0 Å². The molecule has 0 saturated heterocycles. The van der Waals surface area contributed by atoms with Crippen LogP contribution in [0.4, 0.5) is 0 Å². The van der Waals surface area contributed by atoms with E-state index >= 15 is 0 Å². The molecule has 0 saturated carbocycles. The number of aromatic nitrogens is 2. The molecule has 0 fully saturated rings. The molecule has 1 aromatic heterocycles. The summed E-state index contributed by atoms with van der Waals surface area (Å²) < 4.78 is 1.90. The van der Waals surface area contributed by atoms with Crippen LogP contribution in [0.1, 0.15) is 38.1 Å². The summed E-state index contributed by atoms with van der Waals surface area (Å²) in [6, 6.07) is 0. The van der Waals surface area contributed by atoms with Gasteiger partial charge < -0.3 is 0 Å². The predicted octanol–water partition coefficient (Wildman–Crippen LogP) is 4.12. The molecule has 1 unspecified atom stereocenters. The van der Waals surface area contributed by atoms with Crippen LogP contribution in [0.25, 0.3) is 0 Å². The zero-order chi connectivity index (χ0) is 12.3. The van der Waals surface area contributed by atoms with Gasteiger partial charge in [0.15, 0.2) is 0 Å². The van der Waals surface area contributed by atoms with Crippen LogP contribution in [-0.4, -0.2) is 14.6 Å². The summed E-state index contributed by atoms with van der Waals surface area (Å²) in [5, 5.41) is 5.15. The van der Waals surface area contributed by atoms with Crippen LogP contribution < -0.4 is 0 Å². The van der Waals surface area contributed by atoms with E-state index in [-0.39, 0.29) is 0 Å². The second-order valence-corrected chi connectivity index (χ2v) is 6.18. The Morgan fingerprint density at radius 1 is 1.44 bits per heavy atom. The molecular weight excluding hydrogens is 288 g/mol. The van der Waals surface area contributed by atoms with Crippen LogP contribution in [0.15, 0.2) is 0 Å². The van der Waals surface area contributed by atoms with Crippen molar-refractivity contribution in [1.82, 2.24) is 9.78 Å². The number of halogens is 2. The average Bonchev–Trinajstić information content (AvgIpc) is 2.44. The lowest BCUT2D eigenvalue weighted by molar-refractivity contribution is 0.554. The Labute approximate surface area is 111 Å². The van der Waals surface area contributed by atoms with Crippen molar-refractivity contribution >= 4 is 27.5 Å². The van der Waals surface area contributed by atoms with Crippen molar-refractivity contribution in [3.05, 3.63) is 16.4 Å². The lowest BCUT2D eigenvalue weighted by Gasteiger charge is -2.13. The smallest absolute Gasteiger partial charge is 0.0846 e. The van der Waals surface area contributed by atoms with Crippen molar-refractivity contribution in [2.75, 3.05) is 0 Å². The predicted molar refractivity (Wildman–Crippen MR) is 73.4 cm³/mol. The topological polar surface area (TPSA) is 17.8 Å². The van der Waals surface area contributed by atoms with Gasteiger partial charge in [-0.1, -0.05) is 41.4 Å². The molecule has 0 aliphatic rings. The van der Waals surface area contributed by atoms with E-state index in [4.69, 9.17) is 11.6 Å². The van der Waals surface area contributed by atoms with E-state index in [9.17, 15) is 0 Å². The fourth-order valence-electron chi connectivity index (χ4n) is 1.75. The highest BCUT2D eigenvalue weighted by Gasteiger charge is 2.13. The quantitative estimate of drug-likeness (QED) is 0.748. The lowest BCUT2D eigenvalue weighted by Crippen LogP contribution is -2.08. The van der Waals surface area contributed by atoms with Crippen LogP contribution in [0.5, 0.6) is 0 Å². The maximum atomic E-state index is 6.20. The van der Waals surface area contributed by atoms with Gasteiger partial charge in [0.1, 0.15) is 0 Å². The van der Waals surface area contributed by atoms with E-state index in [1.807, 2.05) is 18.7 Å². The zero-order valence-electron chi connectivity index (χ0n) is 10.4. The summed E-state index contributed by atoms with van der Waals surface area (Å²) >= 11 is 9.90. The summed E-state index contributed by atoms with van der Waals surface area (Å²) in [7, 11) is 1.96. The lowest BCUT2D eigenvalue weighted by atomic mass is 10.0. The minimum Gasteiger partial charge on any atom is -0.271 e. The molecule has 1 atom stereocenters. The van der Waals surface area contributed by atoms with E-state index in [2.05, 4.69) is 34.9 Å². The second kappa shape index (κ2) is 6.06. The van der Waals surface area contributed by atoms with Crippen LogP contribution in [0.3, 0.4) is 0 Å². The average molecular weight is 308 g/mol. The first-order valence-corrected chi connectivity index (χ1v) is 7.05. The van der Waals surface area contributed by atoms with Gasteiger partial charge in [-0.05, 0) is 32.1 Å². The number of aryl methyl sites for hydroxylation is 2. The molecule has 0 aliphatic heterocycles. The Morgan fingerprint density at radius 3 is 2.50 bits per heavy atom. The van der Waals surface area contributed by atoms with Gasteiger partial charge in [-0.25, -0.2) is 0 Å². The molecule has 0 spiro atoms. The molecule has 0 aliphatic carbocycles. The van der Waals surface area contributed by atoms with E-state index in [1.165, 1.54) is 6.42 Å². The first-order valence-electron chi connectivity index (χ1n) is 5.75. The molecule has 4 heteroatoms. The van der Waals surface area contributed by atoms with Crippen molar-refractivity contribution in [3.8, 4) is 0 Å². The number of hydrogen-bond donors (Lipinski definition) is 0. The van der Waals surface area contributed by atoms with E-state index in [0.29, 0.717) is 10.7 Å². The minimum absolute atomic E-state index is 0.598. The van der Waals surface area contributed by atoms with Gasteiger partial charge in [0, 0.05) is 11.9 Å². The first-order chi connectivity index (χ1) is 7.43. The fraction of sp³-hybridized carbons (Fsp3) is 0.750. The van der Waals surface area contributed by atoms with Gasteiger partial charge in [0.25, 0.3) is 0 Å². The van der Waals surface area contributed by atoms with Gasteiger partial charge in [0.2, 0.25) is 0 Å². The third-order valence-corrected chi connectivity index (χ3v) is 4.89. The van der Waals surface area contributed by atoms with Crippen molar-refractivity contribution in [3.63, 3.8) is 0 Å². The number of alkyl halides is 1. The largest absolute Gasteiger partial charge is 0.271 e. The summed E-state index contributed by atoms with van der Waals surface area (Å²) in [4.78, 5) is 0.598.